The zero-order chi connectivity index (χ0) is 19.3. The number of halogens is 4. The highest BCUT2D eigenvalue weighted by molar-refractivity contribution is 6.30. The number of carbonyl (C=O) groups is 1. The quantitative estimate of drug-likeness (QED) is 0.441. The van der Waals surface area contributed by atoms with Crippen molar-refractivity contribution in [2.24, 2.45) is 4.99 Å². The van der Waals surface area contributed by atoms with Crippen LogP contribution >= 0.6 is 11.6 Å². The van der Waals surface area contributed by atoms with E-state index in [2.05, 4.69) is 4.99 Å². The number of benzene rings is 2. The molecule has 4 nitrogen and oxygen atoms in total. The number of ether oxygens (including phenoxy) is 1. The maximum Gasteiger partial charge on any atom is 0.455 e. The van der Waals surface area contributed by atoms with Crippen LogP contribution in [-0.2, 0) is 4.79 Å². The molecule has 8 heteroatoms. The van der Waals surface area contributed by atoms with Gasteiger partial charge in [-0.2, -0.15) is 13.2 Å². The van der Waals surface area contributed by atoms with Crippen molar-refractivity contribution in [2.45, 2.75) is 6.18 Å². The molecule has 0 spiro atoms. The fraction of sp³-hybridized carbons (Fsp3) is 0.111. The lowest BCUT2D eigenvalue weighted by Crippen LogP contribution is -2.26. The normalized spacial score (nSPS) is 12.8. The van der Waals surface area contributed by atoms with Gasteiger partial charge < -0.3 is 9.84 Å². The molecule has 0 aliphatic heterocycles. The molecule has 0 unspecified atom stereocenters. The third-order valence-electron chi connectivity index (χ3n) is 3.27. The molecule has 0 bridgehead atoms. The minimum atomic E-state index is -5.17. The average molecular weight is 384 g/mol. The number of rotatable bonds is 5. The SMILES string of the molecule is COc1ccc(C(O)=C(C=Nc2cccc(Cl)c2)C(=O)C(F)(F)F)cc1. The molecule has 136 valence electrons. The second-order valence-electron chi connectivity index (χ2n) is 5.06. The van der Waals surface area contributed by atoms with Crippen LogP contribution in [0, 0.1) is 0 Å². The second-order valence-corrected chi connectivity index (χ2v) is 5.49. The molecule has 2 aromatic carbocycles. The van der Waals surface area contributed by atoms with Crippen molar-refractivity contribution in [2.75, 3.05) is 7.11 Å². The Kier molecular flexibility index (Phi) is 6.05. The highest BCUT2D eigenvalue weighted by atomic mass is 35.5. The Morgan fingerprint density at radius 3 is 2.38 bits per heavy atom. The summed E-state index contributed by atoms with van der Waals surface area (Å²) in [6, 6.07) is 11.5. The van der Waals surface area contributed by atoms with Gasteiger partial charge in [0.1, 0.15) is 11.5 Å². The zero-order valence-electron chi connectivity index (χ0n) is 13.4. The van der Waals surface area contributed by atoms with Crippen molar-refractivity contribution in [3.05, 3.63) is 64.7 Å². The minimum Gasteiger partial charge on any atom is -0.506 e. The number of ketones is 1. The van der Waals surface area contributed by atoms with Crippen molar-refractivity contribution < 1.29 is 27.8 Å². The van der Waals surface area contributed by atoms with Crippen LogP contribution in [0.4, 0.5) is 18.9 Å². The summed E-state index contributed by atoms with van der Waals surface area (Å²) in [4.78, 5) is 15.5. The topological polar surface area (TPSA) is 58.9 Å². The molecule has 0 atom stereocenters. The standard InChI is InChI=1S/C18H13ClF3NO3/c1-26-14-7-5-11(6-8-14)16(24)15(17(25)18(20,21)22)10-23-13-4-2-3-12(19)9-13/h2-10,24H,1H3. The van der Waals surface area contributed by atoms with E-state index < -0.39 is 23.3 Å². The number of hydrogen-bond acceptors (Lipinski definition) is 4. The van der Waals surface area contributed by atoms with Gasteiger partial charge in [0.15, 0.2) is 0 Å². The summed E-state index contributed by atoms with van der Waals surface area (Å²) >= 11 is 5.79. The van der Waals surface area contributed by atoms with Gasteiger partial charge in [0, 0.05) is 16.8 Å². The minimum absolute atomic E-state index is 0.0101. The number of aliphatic hydroxyl groups excluding tert-OH is 1. The molecule has 0 fully saturated rings. The van der Waals surface area contributed by atoms with Crippen LogP contribution in [-0.4, -0.2) is 30.4 Å². The van der Waals surface area contributed by atoms with E-state index in [9.17, 15) is 23.1 Å². The van der Waals surface area contributed by atoms with Crippen molar-refractivity contribution >= 4 is 35.0 Å². The van der Waals surface area contributed by atoms with Gasteiger partial charge in [-0.05, 0) is 42.5 Å². The lowest BCUT2D eigenvalue weighted by molar-refractivity contribution is -0.165. The first-order valence-corrected chi connectivity index (χ1v) is 7.59. The third-order valence-corrected chi connectivity index (χ3v) is 3.51. The number of aliphatic imine (C=N–C) groups is 1. The molecule has 0 saturated carbocycles. The fourth-order valence-electron chi connectivity index (χ4n) is 1.98. The van der Waals surface area contributed by atoms with E-state index in [4.69, 9.17) is 16.3 Å². The number of alkyl halides is 3. The largest absolute Gasteiger partial charge is 0.506 e. The number of Topliss-reactive ketones (excluding diaryl/α,β-unsaturated/α-hetero) is 1. The van der Waals surface area contributed by atoms with Crippen LogP contribution in [0.25, 0.3) is 5.76 Å². The molecule has 0 aliphatic rings. The number of aliphatic hydroxyl groups is 1. The van der Waals surface area contributed by atoms with E-state index in [0.717, 1.165) is 0 Å². The highest BCUT2D eigenvalue weighted by Crippen LogP contribution is 2.27. The zero-order valence-corrected chi connectivity index (χ0v) is 14.2. The molecular weight excluding hydrogens is 371 g/mol. The van der Waals surface area contributed by atoms with E-state index >= 15 is 0 Å². The lowest BCUT2D eigenvalue weighted by atomic mass is 10.0. The van der Waals surface area contributed by atoms with Gasteiger partial charge >= 0.3 is 6.18 Å². The Morgan fingerprint density at radius 2 is 1.85 bits per heavy atom. The van der Waals surface area contributed by atoms with Gasteiger partial charge in [-0.1, -0.05) is 17.7 Å². The first-order valence-electron chi connectivity index (χ1n) is 7.21. The van der Waals surface area contributed by atoms with Crippen molar-refractivity contribution in [3.63, 3.8) is 0 Å². The van der Waals surface area contributed by atoms with Gasteiger partial charge in [-0.3, -0.25) is 9.79 Å². The van der Waals surface area contributed by atoms with E-state index in [1.165, 1.54) is 43.5 Å². The van der Waals surface area contributed by atoms with Crippen molar-refractivity contribution in [3.8, 4) is 5.75 Å². The van der Waals surface area contributed by atoms with E-state index in [0.29, 0.717) is 17.0 Å². The van der Waals surface area contributed by atoms with Gasteiger partial charge in [0.2, 0.25) is 0 Å². The third kappa shape index (κ3) is 4.86. The van der Waals surface area contributed by atoms with Gasteiger partial charge in [-0.15, -0.1) is 0 Å². The number of allylic oxidation sites excluding steroid dienone is 1. The molecule has 0 aromatic heterocycles. The fourth-order valence-corrected chi connectivity index (χ4v) is 2.16. The summed E-state index contributed by atoms with van der Waals surface area (Å²) in [5.74, 6) is -2.62. The van der Waals surface area contributed by atoms with Gasteiger partial charge in [0.05, 0.1) is 18.4 Å². The van der Waals surface area contributed by atoms with E-state index in [1.54, 1.807) is 12.1 Å². The summed E-state index contributed by atoms with van der Waals surface area (Å²) in [7, 11) is 1.42. The summed E-state index contributed by atoms with van der Waals surface area (Å²) in [5, 5.41) is 10.5. The smallest absolute Gasteiger partial charge is 0.455 e. The Bertz CT molecular complexity index is 859. The molecule has 2 aromatic rings. The molecular formula is C18H13ClF3NO3. The Morgan fingerprint density at radius 1 is 1.19 bits per heavy atom. The first kappa shape index (κ1) is 19.5. The Hall–Kier alpha value is -2.80. The van der Waals surface area contributed by atoms with Crippen LogP contribution in [0.2, 0.25) is 5.02 Å². The molecule has 0 saturated heterocycles. The molecule has 2 rings (SSSR count). The van der Waals surface area contributed by atoms with Crippen LogP contribution in [0.5, 0.6) is 5.75 Å². The lowest BCUT2D eigenvalue weighted by Gasteiger charge is -2.09. The number of nitrogens with zero attached hydrogens (tertiary/aromatic N) is 1. The predicted molar refractivity (Wildman–Crippen MR) is 93.2 cm³/mol. The molecule has 0 amide bonds. The van der Waals surface area contributed by atoms with Crippen LogP contribution in [0.3, 0.4) is 0 Å². The maximum absolute atomic E-state index is 12.9. The maximum atomic E-state index is 12.9. The molecule has 0 aliphatic carbocycles. The van der Waals surface area contributed by atoms with E-state index in [-0.39, 0.29) is 11.3 Å². The Balaban J connectivity index is 2.50. The van der Waals surface area contributed by atoms with Crippen LogP contribution in [0.15, 0.2) is 59.1 Å². The number of carbonyl (C=O) groups excluding carboxylic acids is 1. The average Bonchev–Trinajstić information content (AvgIpc) is 2.61. The summed E-state index contributed by atoms with van der Waals surface area (Å²) in [6.07, 6.45) is -4.50. The molecule has 0 heterocycles. The van der Waals surface area contributed by atoms with Crippen molar-refractivity contribution in [1.82, 2.24) is 0 Å². The van der Waals surface area contributed by atoms with Crippen LogP contribution < -0.4 is 4.74 Å². The second kappa shape index (κ2) is 8.05. The highest BCUT2D eigenvalue weighted by Gasteiger charge is 2.41. The van der Waals surface area contributed by atoms with Gasteiger partial charge in [0.25, 0.3) is 5.78 Å². The Labute approximate surface area is 152 Å². The number of methoxy groups -OCH3 is 1. The molecule has 26 heavy (non-hydrogen) atoms. The predicted octanol–water partition coefficient (Wildman–Crippen LogP) is 5.15. The van der Waals surface area contributed by atoms with E-state index in [1.807, 2.05) is 0 Å². The van der Waals surface area contributed by atoms with Gasteiger partial charge in [-0.25, -0.2) is 0 Å². The van der Waals surface area contributed by atoms with Crippen LogP contribution in [0.1, 0.15) is 5.56 Å². The molecule has 1 N–H and O–H groups in total. The summed E-state index contributed by atoms with van der Waals surface area (Å²) in [5.41, 5.74) is -0.744. The monoisotopic (exact) mass is 383 g/mol. The number of hydrogen-bond donors (Lipinski definition) is 1. The molecule has 0 radical (unpaired) electrons. The van der Waals surface area contributed by atoms with Crippen molar-refractivity contribution in [1.29, 1.82) is 0 Å². The summed E-state index contributed by atoms with van der Waals surface area (Å²) in [6.45, 7) is 0. The summed E-state index contributed by atoms with van der Waals surface area (Å²) < 4.78 is 43.6. The first-order chi connectivity index (χ1) is 12.2.